The number of carbonyl (C=O) groups is 5. The number of halogens is 1. The number of likely N-dealkylation sites (tertiary alicyclic amines) is 1. The predicted molar refractivity (Wildman–Crippen MR) is 264 cm³/mol. The summed E-state index contributed by atoms with van der Waals surface area (Å²) in [6, 6.07) is 18.7. The second-order valence-corrected chi connectivity index (χ2v) is 22.6. The van der Waals surface area contributed by atoms with Gasteiger partial charge in [-0.15, -0.1) is 11.3 Å². The van der Waals surface area contributed by atoms with E-state index >= 15 is 0 Å². The maximum absolute atomic E-state index is 14.1. The van der Waals surface area contributed by atoms with E-state index in [0.717, 1.165) is 36.4 Å². The number of hydrogen-bond donors (Lipinski definition) is 5. The van der Waals surface area contributed by atoms with Crippen LogP contribution < -0.4 is 31.3 Å². The van der Waals surface area contributed by atoms with Crippen molar-refractivity contribution in [3.63, 3.8) is 0 Å². The normalized spacial score (nSPS) is 20.2. The van der Waals surface area contributed by atoms with Crippen molar-refractivity contribution in [3.8, 4) is 16.2 Å². The lowest BCUT2D eigenvalue weighted by atomic mass is 9.73. The van der Waals surface area contributed by atoms with E-state index in [9.17, 15) is 42.3 Å². The van der Waals surface area contributed by atoms with Gasteiger partial charge in [-0.3, -0.25) is 24.0 Å². The molecule has 2 aromatic heterocycles. The highest BCUT2D eigenvalue weighted by Gasteiger charge is 2.48. The van der Waals surface area contributed by atoms with Gasteiger partial charge < -0.3 is 35.4 Å². The van der Waals surface area contributed by atoms with Gasteiger partial charge in [0.2, 0.25) is 21.8 Å². The molecule has 0 bridgehead atoms. The monoisotopic (exact) mass is 1020 g/mol. The van der Waals surface area contributed by atoms with Crippen LogP contribution in [0.25, 0.3) is 21.5 Å². The number of ether oxygens (including phenoxy) is 1. The number of carboxylic acids is 2. The number of aliphatic carboxylic acids is 1. The number of fused-ring (bicyclic) bond motifs is 1. The zero-order chi connectivity index (χ0) is 49.9. The molecule has 3 aromatic carbocycles. The quantitative estimate of drug-likeness (QED) is 0.0829. The maximum Gasteiger partial charge on any atom is 0.349 e. The first-order chi connectivity index (χ1) is 33.2. The van der Waals surface area contributed by atoms with E-state index in [1.54, 1.807) is 58.7 Å². The number of amides is 4. The molecule has 4 fully saturated rings. The van der Waals surface area contributed by atoms with Crippen molar-refractivity contribution in [2.24, 2.45) is 12.5 Å². The largest absolute Gasteiger partial charge is 0.479 e. The molecule has 4 saturated heterocycles. The van der Waals surface area contributed by atoms with Crippen LogP contribution in [0.1, 0.15) is 73.6 Å². The number of urea groups is 1. The van der Waals surface area contributed by atoms with E-state index in [1.807, 2.05) is 38.1 Å². The first kappa shape index (κ1) is 48.6. The number of nitrogens with zero attached hydrogens (tertiary/aromatic N) is 5. The van der Waals surface area contributed by atoms with Crippen molar-refractivity contribution in [1.29, 1.82) is 0 Å². The molecule has 4 aliphatic rings. The number of aromatic carboxylic acids is 1. The minimum atomic E-state index is -3.81. The molecule has 19 nitrogen and oxygen atoms in total. The molecule has 5 aromatic rings. The van der Waals surface area contributed by atoms with Gasteiger partial charge in [-0.2, -0.15) is 4.31 Å². The van der Waals surface area contributed by atoms with Gasteiger partial charge in [0.1, 0.15) is 11.1 Å². The average Bonchev–Trinajstić information content (AvgIpc) is 3.75. The SMILES string of the molecule is Cn1c(=O)n(C2CCC(=O)NC2=O)c2ccc(N3CCCC4(CN(C(=O)Nc5cccc(CS(=O)(=O)N6CC[C@H](Nc7cccc(-c8sc(C(=O)O)c(OCC(=O)O)c8Cl)c7)CC6(C)C)c5)C4)C3)cc21. The first-order valence-electron chi connectivity index (χ1n) is 22.9. The predicted octanol–water partition coefficient (Wildman–Crippen LogP) is 6.18. The Hall–Kier alpha value is -6.42. The highest BCUT2D eigenvalue weighted by molar-refractivity contribution is 7.88. The molecule has 70 heavy (non-hydrogen) atoms. The van der Waals surface area contributed by atoms with E-state index in [2.05, 4.69) is 20.9 Å². The third-order valence-electron chi connectivity index (χ3n) is 13.8. The molecule has 0 saturated carbocycles. The number of carbonyl (C=O) groups excluding carboxylic acids is 3. The van der Waals surface area contributed by atoms with Gasteiger partial charge in [0.05, 0.1) is 21.7 Å². The topological polar surface area (TPSA) is 242 Å². The summed E-state index contributed by atoms with van der Waals surface area (Å²) in [5, 5.41) is 27.6. The van der Waals surface area contributed by atoms with Crippen molar-refractivity contribution < 1.29 is 47.3 Å². The number of aryl methyl sites for hydroxylation is 1. The highest BCUT2D eigenvalue weighted by atomic mass is 35.5. The number of carboxylic acid groups (broad SMARTS) is 2. The van der Waals surface area contributed by atoms with Crippen LogP contribution in [-0.4, -0.2) is 118 Å². The molecule has 370 valence electrons. The summed E-state index contributed by atoms with van der Waals surface area (Å²) in [5.74, 6) is -3.86. The van der Waals surface area contributed by atoms with Crippen LogP contribution in [-0.2, 0) is 37.2 Å². The highest BCUT2D eigenvalue weighted by Crippen LogP contribution is 2.46. The van der Waals surface area contributed by atoms with Crippen molar-refractivity contribution >= 4 is 90.8 Å². The number of nitrogens with one attached hydrogen (secondary N) is 3. The van der Waals surface area contributed by atoms with Crippen LogP contribution >= 0.6 is 22.9 Å². The molecule has 1 spiro atoms. The number of rotatable bonds is 13. The lowest BCUT2D eigenvalue weighted by Gasteiger charge is -2.54. The van der Waals surface area contributed by atoms with Gasteiger partial charge in [-0.1, -0.05) is 35.9 Å². The second kappa shape index (κ2) is 18.7. The summed E-state index contributed by atoms with van der Waals surface area (Å²) in [7, 11) is -2.14. The summed E-state index contributed by atoms with van der Waals surface area (Å²) < 4.78 is 37.9. The summed E-state index contributed by atoms with van der Waals surface area (Å²) in [6.45, 7) is 5.90. The second-order valence-electron chi connectivity index (χ2n) is 19.3. The van der Waals surface area contributed by atoms with Gasteiger partial charge >= 0.3 is 23.7 Å². The van der Waals surface area contributed by atoms with E-state index in [4.69, 9.17) is 21.4 Å². The van der Waals surface area contributed by atoms with E-state index in [0.29, 0.717) is 70.9 Å². The number of imide groups is 1. The Bertz CT molecular complexity index is 3120. The van der Waals surface area contributed by atoms with Crippen molar-refractivity contribution in [2.75, 3.05) is 54.9 Å². The Morgan fingerprint density at radius 1 is 0.943 bits per heavy atom. The molecule has 2 atom stereocenters. The Kier molecular flexibility index (Phi) is 13.0. The van der Waals surface area contributed by atoms with Crippen LogP contribution in [0.2, 0.25) is 5.02 Å². The number of piperidine rings is 3. The molecule has 0 radical (unpaired) electrons. The van der Waals surface area contributed by atoms with E-state index < -0.39 is 46.1 Å². The molecule has 5 N–H and O–H groups in total. The molecular weight excluding hydrogens is 964 g/mol. The number of sulfonamides is 1. The summed E-state index contributed by atoms with van der Waals surface area (Å²) in [6.07, 6.45) is 3.27. The van der Waals surface area contributed by atoms with Gasteiger partial charge in [-0.25, -0.2) is 27.6 Å². The maximum atomic E-state index is 14.1. The minimum Gasteiger partial charge on any atom is -0.479 e. The van der Waals surface area contributed by atoms with Crippen molar-refractivity contribution in [3.05, 3.63) is 92.7 Å². The number of imidazole rings is 1. The molecule has 22 heteroatoms. The lowest BCUT2D eigenvalue weighted by molar-refractivity contribution is -0.139. The Balaban J connectivity index is 0.793. The zero-order valence-electron chi connectivity index (χ0n) is 38.7. The van der Waals surface area contributed by atoms with Crippen LogP contribution in [0.4, 0.5) is 21.9 Å². The van der Waals surface area contributed by atoms with Gasteiger partial charge in [-0.05, 0) is 99.5 Å². The van der Waals surface area contributed by atoms with E-state index in [-0.39, 0.29) is 69.9 Å². The van der Waals surface area contributed by atoms with Crippen molar-refractivity contribution in [1.82, 2.24) is 23.7 Å². The molecule has 1 unspecified atom stereocenters. The van der Waals surface area contributed by atoms with E-state index in [1.165, 1.54) is 9.13 Å². The Morgan fingerprint density at radius 2 is 1.70 bits per heavy atom. The van der Waals surface area contributed by atoms with Crippen LogP contribution in [0.3, 0.4) is 0 Å². The summed E-state index contributed by atoms with van der Waals surface area (Å²) >= 11 is 7.41. The molecule has 6 heterocycles. The number of hydrogen-bond acceptors (Lipinski definition) is 12. The molecular formula is C48H53ClN8O11S2. The van der Waals surface area contributed by atoms with Crippen molar-refractivity contribution in [2.45, 2.75) is 75.7 Å². The molecule has 9 rings (SSSR count). The fourth-order valence-electron chi connectivity index (χ4n) is 10.6. The third-order valence-corrected chi connectivity index (χ3v) is 17.5. The number of thiophene rings is 1. The average molecular weight is 1020 g/mol. The molecule has 4 amide bonds. The Labute approximate surface area is 412 Å². The fourth-order valence-corrected chi connectivity index (χ4v) is 14.0. The molecule has 0 aliphatic carbocycles. The van der Waals surface area contributed by atoms with Crippen LogP contribution in [0, 0.1) is 5.41 Å². The Morgan fingerprint density at radius 3 is 2.43 bits per heavy atom. The summed E-state index contributed by atoms with van der Waals surface area (Å²) in [4.78, 5) is 78.7. The van der Waals surface area contributed by atoms with Gasteiger partial charge in [0.15, 0.2) is 17.2 Å². The van der Waals surface area contributed by atoms with Gasteiger partial charge in [0.25, 0.3) is 0 Å². The molecule has 4 aliphatic heterocycles. The number of aromatic nitrogens is 2. The standard InChI is InChI=1S/C48H53ClN8O11S2/c1-47(2)22-32(50-31-10-5-8-29(20-31)41-39(49)40(68-23-38(59)60)42(69-41)44(62)63)15-18-56(47)70(66,67)24-28-7-4-9-30(19-28)51-45(64)55-26-48(27-55)16-6-17-54(25-48)33-11-12-34-36(21-33)53(3)46(65)57(34)35-13-14-37(58)52-43(35)61/h4-5,7-12,19-21,32,35,50H,6,13-18,22-27H2,1-3H3,(H,51,64)(H,59,60)(H,62,63)(H,52,58,61)/t32-,35?/m0/s1. The first-order valence-corrected chi connectivity index (χ1v) is 25.7. The lowest BCUT2D eigenvalue weighted by Crippen LogP contribution is -2.65. The van der Waals surface area contributed by atoms with Crippen LogP contribution in [0.5, 0.6) is 5.75 Å². The minimum absolute atomic E-state index is 0.00174. The third kappa shape index (κ3) is 9.58. The van der Waals surface area contributed by atoms with Crippen LogP contribution in [0.15, 0.2) is 71.5 Å². The zero-order valence-corrected chi connectivity index (χ0v) is 41.1. The number of anilines is 3. The smallest absolute Gasteiger partial charge is 0.349 e. The number of benzene rings is 3. The summed E-state index contributed by atoms with van der Waals surface area (Å²) in [5.41, 5.74) is 3.36. The fraction of sp³-hybridized carbons (Fsp3) is 0.417. The van der Waals surface area contributed by atoms with Gasteiger partial charge in [0, 0.05) is 80.3 Å².